The number of nitrogens with zero attached hydrogens (tertiary/aromatic N) is 1. The fraction of sp³-hybridized carbons (Fsp3) is 0.867. The van der Waals surface area contributed by atoms with Crippen molar-refractivity contribution in [1.29, 1.82) is 0 Å². The summed E-state index contributed by atoms with van der Waals surface area (Å²) in [4.78, 5) is 25.0. The Hall–Kier alpha value is -1.26. The van der Waals surface area contributed by atoms with Crippen LogP contribution in [0.4, 0.5) is 4.79 Å². The number of hydrogen-bond acceptors (Lipinski definition) is 2. The molecule has 1 saturated heterocycles. The van der Waals surface area contributed by atoms with Gasteiger partial charge in [-0.15, -0.1) is 0 Å². The van der Waals surface area contributed by atoms with Gasteiger partial charge in [0.15, 0.2) is 0 Å². The van der Waals surface area contributed by atoms with Crippen molar-refractivity contribution in [1.82, 2.24) is 10.2 Å². The predicted octanol–water partition coefficient (Wildman–Crippen LogP) is 2.32. The first-order valence-corrected chi connectivity index (χ1v) is 7.75. The molecule has 2 fully saturated rings. The number of amides is 2. The lowest BCUT2D eigenvalue weighted by molar-refractivity contribution is -0.142. The predicted molar refractivity (Wildman–Crippen MR) is 76.4 cm³/mol. The highest BCUT2D eigenvalue weighted by Crippen LogP contribution is 2.25. The third kappa shape index (κ3) is 3.64. The zero-order valence-corrected chi connectivity index (χ0v) is 12.5. The van der Waals surface area contributed by atoms with Crippen LogP contribution in [-0.4, -0.2) is 41.1 Å². The number of likely N-dealkylation sites (tertiary alicyclic amines) is 1. The normalized spacial score (nSPS) is 34.6. The molecule has 4 atom stereocenters. The molecule has 1 aliphatic heterocycles. The lowest BCUT2D eigenvalue weighted by Crippen LogP contribution is -2.44. The molecule has 0 bridgehead atoms. The topological polar surface area (TPSA) is 69.6 Å². The van der Waals surface area contributed by atoms with E-state index in [0.717, 1.165) is 18.8 Å². The van der Waals surface area contributed by atoms with Crippen LogP contribution < -0.4 is 5.32 Å². The van der Waals surface area contributed by atoms with Crippen LogP contribution in [0.3, 0.4) is 0 Å². The summed E-state index contributed by atoms with van der Waals surface area (Å²) in [5, 5.41) is 12.2. The van der Waals surface area contributed by atoms with Crippen LogP contribution in [0.15, 0.2) is 0 Å². The van der Waals surface area contributed by atoms with Crippen molar-refractivity contribution in [2.24, 2.45) is 17.8 Å². The molecule has 2 unspecified atom stereocenters. The van der Waals surface area contributed by atoms with Crippen molar-refractivity contribution in [2.75, 3.05) is 13.1 Å². The van der Waals surface area contributed by atoms with E-state index in [1.807, 2.05) is 6.92 Å². The summed E-state index contributed by atoms with van der Waals surface area (Å²) in [6.07, 6.45) is 5.66. The second-order valence-corrected chi connectivity index (χ2v) is 6.59. The molecule has 1 saturated carbocycles. The fourth-order valence-electron chi connectivity index (χ4n) is 3.35. The average Bonchev–Trinajstić information content (AvgIpc) is 2.66. The van der Waals surface area contributed by atoms with Crippen molar-refractivity contribution >= 4 is 12.0 Å². The quantitative estimate of drug-likeness (QED) is 0.764. The first kappa shape index (κ1) is 15.1. The highest BCUT2D eigenvalue weighted by atomic mass is 16.4. The Bertz CT molecular complexity index is 372. The molecule has 0 radical (unpaired) electrons. The van der Waals surface area contributed by atoms with Gasteiger partial charge in [-0.25, -0.2) is 4.79 Å². The maximum Gasteiger partial charge on any atom is 0.317 e. The van der Waals surface area contributed by atoms with E-state index >= 15 is 0 Å². The monoisotopic (exact) mass is 282 g/mol. The molecule has 20 heavy (non-hydrogen) atoms. The van der Waals surface area contributed by atoms with Gasteiger partial charge in [0.1, 0.15) is 0 Å². The summed E-state index contributed by atoms with van der Waals surface area (Å²) in [5.41, 5.74) is 0. The van der Waals surface area contributed by atoms with Gasteiger partial charge in [-0.1, -0.05) is 26.7 Å². The Morgan fingerprint density at radius 2 is 1.85 bits per heavy atom. The van der Waals surface area contributed by atoms with Gasteiger partial charge in [0.25, 0.3) is 0 Å². The Morgan fingerprint density at radius 3 is 2.50 bits per heavy atom. The zero-order valence-electron chi connectivity index (χ0n) is 12.5. The minimum absolute atomic E-state index is 0.0346. The van der Waals surface area contributed by atoms with Crippen LogP contribution in [0.25, 0.3) is 0 Å². The van der Waals surface area contributed by atoms with E-state index in [2.05, 4.69) is 12.2 Å². The molecule has 2 N–H and O–H groups in total. The maximum absolute atomic E-state index is 12.2. The van der Waals surface area contributed by atoms with Gasteiger partial charge in [0, 0.05) is 19.1 Å². The average molecular weight is 282 g/mol. The number of carbonyl (C=O) groups is 2. The van der Waals surface area contributed by atoms with Crippen LogP contribution in [0.1, 0.15) is 46.0 Å². The summed E-state index contributed by atoms with van der Waals surface area (Å²) in [5.74, 6) is -0.432. The molecule has 2 rings (SSSR count). The third-order valence-electron chi connectivity index (χ3n) is 4.80. The van der Waals surface area contributed by atoms with Crippen molar-refractivity contribution in [2.45, 2.75) is 52.0 Å². The van der Waals surface area contributed by atoms with Gasteiger partial charge in [0.05, 0.1) is 5.92 Å². The summed E-state index contributed by atoms with van der Waals surface area (Å²) >= 11 is 0. The minimum Gasteiger partial charge on any atom is -0.481 e. The number of carboxylic acid groups (broad SMARTS) is 1. The molecular weight excluding hydrogens is 256 g/mol. The Balaban J connectivity index is 1.84. The molecule has 1 aliphatic carbocycles. The highest BCUT2D eigenvalue weighted by molar-refractivity contribution is 5.77. The molecule has 2 amide bonds. The zero-order chi connectivity index (χ0) is 14.7. The van der Waals surface area contributed by atoms with E-state index < -0.39 is 11.9 Å². The van der Waals surface area contributed by atoms with Gasteiger partial charge in [-0.05, 0) is 31.1 Å². The summed E-state index contributed by atoms with van der Waals surface area (Å²) in [7, 11) is 0. The molecule has 114 valence electrons. The minimum atomic E-state index is -0.795. The summed E-state index contributed by atoms with van der Waals surface area (Å²) in [6, 6.07) is 0.173. The SMILES string of the molecule is CC1CCCC(NC(=O)N2C[C@@H](C)[C@H](C(=O)O)C2)CC1. The molecular formula is C15H26N2O3. The van der Waals surface area contributed by atoms with Gasteiger partial charge in [-0.3, -0.25) is 4.79 Å². The highest BCUT2D eigenvalue weighted by Gasteiger charge is 2.37. The van der Waals surface area contributed by atoms with E-state index in [9.17, 15) is 9.59 Å². The smallest absolute Gasteiger partial charge is 0.317 e. The second kappa shape index (κ2) is 6.46. The second-order valence-electron chi connectivity index (χ2n) is 6.59. The third-order valence-corrected chi connectivity index (χ3v) is 4.80. The summed E-state index contributed by atoms with van der Waals surface area (Å²) in [6.45, 7) is 5.06. The first-order valence-electron chi connectivity index (χ1n) is 7.75. The van der Waals surface area contributed by atoms with E-state index in [4.69, 9.17) is 5.11 Å². The van der Waals surface area contributed by atoms with Gasteiger partial charge < -0.3 is 15.3 Å². The Labute approximate surface area is 120 Å². The Morgan fingerprint density at radius 1 is 1.10 bits per heavy atom. The maximum atomic E-state index is 12.2. The largest absolute Gasteiger partial charge is 0.481 e. The van der Waals surface area contributed by atoms with E-state index in [-0.39, 0.29) is 18.0 Å². The van der Waals surface area contributed by atoms with Crippen LogP contribution in [-0.2, 0) is 4.79 Å². The lowest BCUT2D eigenvalue weighted by Gasteiger charge is -2.22. The molecule has 0 spiro atoms. The molecule has 1 heterocycles. The van der Waals surface area contributed by atoms with Crippen molar-refractivity contribution in [3.63, 3.8) is 0 Å². The standard InChI is InChI=1S/C15H26N2O3/c1-10-4-3-5-12(7-6-10)16-15(20)17-8-11(2)13(9-17)14(18)19/h10-13H,3-9H2,1-2H3,(H,16,20)(H,18,19)/t10?,11-,12?,13-/m1/s1. The van der Waals surface area contributed by atoms with Gasteiger partial charge in [0.2, 0.25) is 0 Å². The molecule has 0 aromatic carbocycles. The lowest BCUT2D eigenvalue weighted by atomic mass is 9.99. The Kier molecular flexibility index (Phi) is 4.89. The number of carbonyl (C=O) groups excluding carboxylic acids is 1. The number of urea groups is 1. The van der Waals surface area contributed by atoms with Crippen LogP contribution in [0.2, 0.25) is 0 Å². The number of nitrogens with one attached hydrogen (secondary N) is 1. The van der Waals surface area contributed by atoms with Crippen molar-refractivity contribution < 1.29 is 14.7 Å². The summed E-state index contributed by atoms with van der Waals surface area (Å²) < 4.78 is 0. The van der Waals surface area contributed by atoms with E-state index in [1.165, 1.54) is 19.3 Å². The fourth-order valence-corrected chi connectivity index (χ4v) is 3.35. The number of aliphatic carboxylic acids is 1. The van der Waals surface area contributed by atoms with Crippen molar-refractivity contribution in [3.8, 4) is 0 Å². The van der Waals surface area contributed by atoms with Crippen molar-refractivity contribution in [3.05, 3.63) is 0 Å². The van der Waals surface area contributed by atoms with E-state index in [0.29, 0.717) is 13.1 Å². The molecule has 5 heteroatoms. The molecule has 5 nitrogen and oxygen atoms in total. The van der Waals surface area contributed by atoms with Crippen LogP contribution >= 0.6 is 0 Å². The van der Waals surface area contributed by atoms with Crippen LogP contribution in [0, 0.1) is 17.8 Å². The van der Waals surface area contributed by atoms with E-state index in [1.54, 1.807) is 4.90 Å². The van der Waals surface area contributed by atoms with Crippen LogP contribution in [0.5, 0.6) is 0 Å². The number of carboxylic acids is 1. The molecule has 0 aromatic rings. The number of hydrogen-bond donors (Lipinski definition) is 2. The van der Waals surface area contributed by atoms with Gasteiger partial charge >= 0.3 is 12.0 Å². The number of rotatable bonds is 2. The molecule has 2 aliphatic rings. The van der Waals surface area contributed by atoms with Gasteiger partial charge in [-0.2, -0.15) is 0 Å². The molecule has 0 aromatic heterocycles. The first-order chi connectivity index (χ1) is 9.47.